The third-order valence-corrected chi connectivity index (χ3v) is 1.98. The first-order chi connectivity index (χ1) is 5.66. The van der Waals surface area contributed by atoms with E-state index < -0.39 is 0 Å². The minimum atomic E-state index is -0.240. The van der Waals surface area contributed by atoms with Gasteiger partial charge in [0, 0.05) is 5.56 Å². The van der Waals surface area contributed by atoms with Crippen molar-refractivity contribution in [2.75, 3.05) is 0 Å². The van der Waals surface area contributed by atoms with Crippen LogP contribution in [0.4, 0.5) is 0 Å². The molecular formula is C11H10O. The molecule has 12 heavy (non-hydrogen) atoms. The van der Waals surface area contributed by atoms with E-state index in [1.807, 2.05) is 26.0 Å². The Morgan fingerprint density at radius 2 is 2.08 bits per heavy atom. The fourth-order valence-electron chi connectivity index (χ4n) is 1.07. The van der Waals surface area contributed by atoms with E-state index in [1.165, 1.54) is 0 Å². The minimum absolute atomic E-state index is 0.240. The maximum Gasteiger partial charge on any atom is 0.235 e. The average Bonchev–Trinajstić information content (AvgIpc) is 2.08. The monoisotopic (exact) mass is 158 g/mol. The van der Waals surface area contributed by atoms with Crippen molar-refractivity contribution in [2.45, 2.75) is 13.8 Å². The van der Waals surface area contributed by atoms with Gasteiger partial charge in [-0.1, -0.05) is 18.2 Å². The van der Waals surface area contributed by atoms with Gasteiger partial charge in [0.25, 0.3) is 0 Å². The predicted molar refractivity (Wildman–Crippen MR) is 49.1 cm³/mol. The van der Waals surface area contributed by atoms with Crippen LogP contribution >= 0.6 is 0 Å². The molecule has 0 heterocycles. The second kappa shape index (κ2) is 3.23. The fourth-order valence-corrected chi connectivity index (χ4v) is 1.07. The number of aryl methyl sites for hydroxylation is 1. The quantitative estimate of drug-likeness (QED) is 0.347. The SMILES string of the molecule is C#CC(=O)c1cccc(C)c1C. The fraction of sp³-hybridized carbons (Fsp3) is 0.182. The number of benzene rings is 1. The predicted octanol–water partition coefficient (Wildman–Crippen LogP) is 2.12. The number of Topliss-reactive ketones (excluding diaryl/α,β-unsaturated/α-hetero) is 1. The van der Waals surface area contributed by atoms with Gasteiger partial charge in [0.2, 0.25) is 5.78 Å². The summed E-state index contributed by atoms with van der Waals surface area (Å²) in [5, 5.41) is 0. The molecule has 60 valence electrons. The lowest BCUT2D eigenvalue weighted by molar-refractivity contribution is 0.105. The van der Waals surface area contributed by atoms with Gasteiger partial charge in [0.15, 0.2) is 0 Å². The van der Waals surface area contributed by atoms with Crippen LogP contribution in [0.2, 0.25) is 0 Å². The summed E-state index contributed by atoms with van der Waals surface area (Å²) in [6.07, 6.45) is 5.02. The summed E-state index contributed by atoms with van der Waals surface area (Å²) in [5.74, 6) is 1.87. The topological polar surface area (TPSA) is 17.1 Å². The number of hydrogen-bond donors (Lipinski definition) is 0. The van der Waals surface area contributed by atoms with Crippen LogP contribution in [0.3, 0.4) is 0 Å². The van der Waals surface area contributed by atoms with Crippen LogP contribution in [0, 0.1) is 26.2 Å². The molecule has 0 saturated carbocycles. The van der Waals surface area contributed by atoms with E-state index >= 15 is 0 Å². The van der Waals surface area contributed by atoms with E-state index in [9.17, 15) is 4.79 Å². The molecule has 1 aromatic rings. The highest BCUT2D eigenvalue weighted by Gasteiger charge is 2.05. The Balaban J connectivity index is 3.28. The maximum atomic E-state index is 11.2. The van der Waals surface area contributed by atoms with Crippen molar-refractivity contribution in [3.63, 3.8) is 0 Å². The highest BCUT2D eigenvalue weighted by molar-refractivity contribution is 6.09. The zero-order valence-electron chi connectivity index (χ0n) is 7.22. The molecule has 0 aliphatic carbocycles. The van der Waals surface area contributed by atoms with Crippen molar-refractivity contribution in [2.24, 2.45) is 0 Å². The lowest BCUT2D eigenvalue weighted by Crippen LogP contribution is -1.99. The van der Waals surface area contributed by atoms with Crippen molar-refractivity contribution >= 4 is 5.78 Å². The number of carbonyl (C=O) groups is 1. The number of hydrogen-bond acceptors (Lipinski definition) is 1. The molecule has 0 radical (unpaired) electrons. The molecule has 0 bridgehead atoms. The Morgan fingerprint density at radius 1 is 1.42 bits per heavy atom. The van der Waals surface area contributed by atoms with Crippen LogP contribution in [-0.2, 0) is 0 Å². The molecule has 0 atom stereocenters. The van der Waals surface area contributed by atoms with Crippen molar-refractivity contribution in [3.8, 4) is 12.3 Å². The van der Waals surface area contributed by atoms with Crippen molar-refractivity contribution < 1.29 is 4.79 Å². The van der Waals surface area contributed by atoms with Gasteiger partial charge in [-0.3, -0.25) is 4.79 Å². The van der Waals surface area contributed by atoms with Crippen LogP contribution in [0.1, 0.15) is 21.5 Å². The summed E-state index contributed by atoms with van der Waals surface area (Å²) in [6, 6.07) is 5.56. The van der Waals surface area contributed by atoms with E-state index in [0.29, 0.717) is 5.56 Å². The standard InChI is InChI=1S/C11H10O/c1-4-11(12)10-7-5-6-8(2)9(10)3/h1,5-7H,2-3H3. The first kappa shape index (κ1) is 8.55. The van der Waals surface area contributed by atoms with E-state index in [0.717, 1.165) is 11.1 Å². The van der Waals surface area contributed by atoms with Gasteiger partial charge in [-0.25, -0.2) is 0 Å². The summed E-state index contributed by atoms with van der Waals surface area (Å²) in [6.45, 7) is 3.86. The Bertz CT molecular complexity index is 356. The zero-order valence-corrected chi connectivity index (χ0v) is 7.22. The third kappa shape index (κ3) is 1.38. The van der Waals surface area contributed by atoms with Gasteiger partial charge in [0.1, 0.15) is 0 Å². The smallest absolute Gasteiger partial charge is 0.235 e. The summed E-state index contributed by atoms with van der Waals surface area (Å²) in [7, 11) is 0. The lowest BCUT2D eigenvalue weighted by atomic mass is 10.0. The van der Waals surface area contributed by atoms with Gasteiger partial charge in [-0.15, -0.1) is 6.42 Å². The molecule has 1 nitrogen and oxygen atoms in total. The minimum Gasteiger partial charge on any atom is -0.279 e. The Hall–Kier alpha value is -1.55. The summed E-state index contributed by atoms with van der Waals surface area (Å²) < 4.78 is 0. The molecule has 0 unspecified atom stereocenters. The molecular weight excluding hydrogens is 148 g/mol. The largest absolute Gasteiger partial charge is 0.279 e. The highest BCUT2D eigenvalue weighted by atomic mass is 16.1. The Kier molecular flexibility index (Phi) is 2.30. The zero-order chi connectivity index (χ0) is 9.14. The van der Waals surface area contributed by atoms with Gasteiger partial charge >= 0.3 is 0 Å². The number of terminal acetylenes is 1. The van der Waals surface area contributed by atoms with Crippen molar-refractivity contribution in [1.82, 2.24) is 0 Å². The van der Waals surface area contributed by atoms with Gasteiger partial charge in [0.05, 0.1) is 0 Å². The van der Waals surface area contributed by atoms with Crippen LogP contribution in [0.25, 0.3) is 0 Å². The van der Waals surface area contributed by atoms with E-state index in [4.69, 9.17) is 6.42 Å². The molecule has 0 aliphatic rings. The highest BCUT2D eigenvalue weighted by Crippen LogP contribution is 2.12. The molecule has 0 fully saturated rings. The third-order valence-electron chi connectivity index (χ3n) is 1.98. The van der Waals surface area contributed by atoms with Crippen LogP contribution in [0.5, 0.6) is 0 Å². The number of rotatable bonds is 1. The van der Waals surface area contributed by atoms with E-state index in [2.05, 4.69) is 5.92 Å². The Morgan fingerprint density at radius 3 is 2.67 bits per heavy atom. The molecule has 1 aromatic carbocycles. The number of ketones is 1. The Labute approximate surface area is 72.4 Å². The molecule has 1 rings (SSSR count). The van der Waals surface area contributed by atoms with Crippen LogP contribution < -0.4 is 0 Å². The lowest BCUT2D eigenvalue weighted by Gasteiger charge is -2.02. The molecule has 0 saturated heterocycles. The first-order valence-electron chi connectivity index (χ1n) is 3.74. The number of carbonyl (C=O) groups excluding carboxylic acids is 1. The summed E-state index contributed by atoms with van der Waals surface area (Å²) >= 11 is 0. The first-order valence-corrected chi connectivity index (χ1v) is 3.74. The molecule has 1 heteroatoms. The maximum absolute atomic E-state index is 11.2. The van der Waals surface area contributed by atoms with Gasteiger partial charge in [-0.05, 0) is 30.9 Å². The van der Waals surface area contributed by atoms with E-state index in [-0.39, 0.29) is 5.78 Å². The molecule has 0 aromatic heterocycles. The normalized spacial score (nSPS) is 9.08. The van der Waals surface area contributed by atoms with Crippen LogP contribution in [0.15, 0.2) is 18.2 Å². The van der Waals surface area contributed by atoms with Crippen molar-refractivity contribution in [1.29, 1.82) is 0 Å². The van der Waals surface area contributed by atoms with Crippen LogP contribution in [-0.4, -0.2) is 5.78 Å². The van der Waals surface area contributed by atoms with Gasteiger partial charge in [-0.2, -0.15) is 0 Å². The van der Waals surface area contributed by atoms with E-state index in [1.54, 1.807) is 6.07 Å². The average molecular weight is 158 g/mol. The molecule has 0 aliphatic heterocycles. The molecule has 0 N–H and O–H groups in total. The molecule has 0 amide bonds. The van der Waals surface area contributed by atoms with Crippen molar-refractivity contribution in [3.05, 3.63) is 34.9 Å². The molecule has 0 spiro atoms. The summed E-state index contributed by atoms with van der Waals surface area (Å²) in [5.41, 5.74) is 2.70. The second-order valence-corrected chi connectivity index (χ2v) is 2.72. The van der Waals surface area contributed by atoms with Gasteiger partial charge < -0.3 is 0 Å². The summed E-state index contributed by atoms with van der Waals surface area (Å²) in [4.78, 5) is 11.2. The second-order valence-electron chi connectivity index (χ2n) is 2.72.